The SMILES string of the molecule is Cc1cc(C(=O)NC2CS(=O)(=O)CC2Cl)sc1C. The average Bonchev–Trinajstić information content (AvgIpc) is 2.68. The molecule has 0 bridgehead atoms. The molecule has 1 aliphatic heterocycles. The molecule has 1 aliphatic rings. The van der Waals surface area contributed by atoms with Crippen molar-refractivity contribution in [1.82, 2.24) is 5.32 Å². The normalized spacial score (nSPS) is 26.2. The minimum atomic E-state index is -3.12. The third-order valence-corrected chi connectivity index (χ3v) is 6.52. The summed E-state index contributed by atoms with van der Waals surface area (Å²) in [5, 5.41) is 2.16. The smallest absolute Gasteiger partial charge is 0.261 e. The lowest BCUT2D eigenvalue weighted by atomic mass is 10.2. The molecule has 0 spiro atoms. The van der Waals surface area contributed by atoms with Gasteiger partial charge in [0.05, 0.1) is 27.8 Å². The summed E-state index contributed by atoms with van der Waals surface area (Å²) in [4.78, 5) is 13.6. The Hall–Kier alpha value is -0.590. The molecule has 1 fully saturated rings. The number of nitrogens with one attached hydrogen (secondary N) is 1. The molecule has 2 unspecified atom stereocenters. The summed E-state index contributed by atoms with van der Waals surface area (Å²) in [6, 6.07) is 1.31. The van der Waals surface area contributed by atoms with E-state index in [0.29, 0.717) is 4.88 Å². The van der Waals surface area contributed by atoms with Crippen LogP contribution in [0.4, 0.5) is 0 Å². The highest BCUT2D eigenvalue weighted by Crippen LogP contribution is 2.22. The van der Waals surface area contributed by atoms with E-state index in [1.165, 1.54) is 11.3 Å². The van der Waals surface area contributed by atoms with E-state index < -0.39 is 21.3 Å². The standard InChI is InChI=1S/C11H14ClNO3S2/c1-6-3-10(17-7(6)2)11(14)13-9-5-18(15,16)4-8(9)12/h3,8-9H,4-5H2,1-2H3,(H,13,14). The van der Waals surface area contributed by atoms with Crippen molar-refractivity contribution in [2.75, 3.05) is 11.5 Å². The molecule has 0 saturated carbocycles. The van der Waals surface area contributed by atoms with Crippen molar-refractivity contribution in [3.05, 3.63) is 21.4 Å². The van der Waals surface area contributed by atoms with Crippen molar-refractivity contribution < 1.29 is 13.2 Å². The number of sulfone groups is 1. The highest BCUT2D eigenvalue weighted by Gasteiger charge is 2.37. The summed E-state index contributed by atoms with van der Waals surface area (Å²) >= 11 is 7.34. The van der Waals surface area contributed by atoms with Gasteiger partial charge in [-0.05, 0) is 25.5 Å². The number of aryl methyl sites for hydroxylation is 2. The van der Waals surface area contributed by atoms with Gasteiger partial charge in [-0.2, -0.15) is 0 Å². The molecule has 4 nitrogen and oxygen atoms in total. The molecule has 7 heteroatoms. The van der Waals surface area contributed by atoms with Crippen LogP contribution >= 0.6 is 22.9 Å². The van der Waals surface area contributed by atoms with Gasteiger partial charge in [0.15, 0.2) is 9.84 Å². The first kappa shape index (κ1) is 13.8. The first-order chi connectivity index (χ1) is 8.28. The van der Waals surface area contributed by atoms with Gasteiger partial charge < -0.3 is 5.32 Å². The number of halogens is 1. The summed E-state index contributed by atoms with van der Waals surface area (Å²) in [6.45, 7) is 3.88. The third kappa shape index (κ3) is 2.87. The van der Waals surface area contributed by atoms with Crippen LogP contribution < -0.4 is 5.32 Å². The lowest BCUT2D eigenvalue weighted by molar-refractivity contribution is 0.0945. The van der Waals surface area contributed by atoms with Gasteiger partial charge in [-0.1, -0.05) is 0 Å². The molecule has 100 valence electrons. The fraction of sp³-hybridized carbons (Fsp3) is 0.545. The zero-order valence-electron chi connectivity index (χ0n) is 10.1. The number of amides is 1. The van der Waals surface area contributed by atoms with Crippen LogP contribution in [0, 0.1) is 13.8 Å². The summed E-state index contributed by atoms with van der Waals surface area (Å²) < 4.78 is 22.8. The van der Waals surface area contributed by atoms with Gasteiger partial charge in [0.2, 0.25) is 0 Å². The summed E-state index contributed by atoms with van der Waals surface area (Å²) in [5.74, 6) is -0.387. The monoisotopic (exact) mass is 307 g/mol. The predicted octanol–water partition coefficient (Wildman–Crippen LogP) is 1.50. The third-order valence-electron chi connectivity index (χ3n) is 2.99. The minimum Gasteiger partial charge on any atom is -0.346 e. The van der Waals surface area contributed by atoms with Crippen LogP contribution in [0.25, 0.3) is 0 Å². The Labute approximate surface area is 115 Å². The first-order valence-electron chi connectivity index (χ1n) is 5.51. The zero-order chi connectivity index (χ0) is 13.5. The van der Waals surface area contributed by atoms with Crippen LogP contribution in [-0.2, 0) is 9.84 Å². The van der Waals surface area contributed by atoms with Crippen LogP contribution in [0.1, 0.15) is 20.1 Å². The second-order valence-electron chi connectivity index (χ2n) is 4.52. The maximum atomic E-state index is 12.0. The van der Waals surface area contributed by atoms with Crippen LogP contribution in [0.5, 0.6) is 0 Å². The number of rotatable bonds is 2. The molecule has 0 aromatic carbocycles. The molecule has 1 N–H and O–H groups in total. The molecule has 18 heavy (non-hydrogen) atoms. The largest absolute Gasteiger partial charge is 0.346 e. The molecule has 2 atom stereocenters. The molecule has 1 amide bonds. The van der Waals surface area contributed by atoms with E-state index in [-0.39, 0.29) is 17.4 Å². The predicted molar refractivity (Wildman–Crippen MR) is 73.3 cm³/mol. The number of thiophene rings is 1. The van der Waals surface area contributed by atoms with Gasteiger partial charge in [0.25, 0.3) is 5.91 Å². The molecule has 1 aromatic rings. The van der Waals surface area contributed by atoms with Gasteiger partial charge in [0, 0.05) is 4.88 Å². The lowest BCUT2D eigenvalue weighted by Crippen LogP contribution is -2.40. The highest BCUT2D eigenvalue weighted by molar-refractivity contribution is 7.91. The second kappa shape index (κ2) is 4.83. The Morgan fingerprint density at radius 2 is 2.11 bits per heavy atom. The fourth-order valence-corrected chi connectivity index (χ4v) is 5.35. The van der Waals surface area contributed by atoms with E-state index in [1.807, 2.05) is 19.9 Å². The van der Waals surface area contributed by atoms with Gasteiger partial charge in [-0.3, -0.25) is 4.79 Å². The Kier molecular flexibility index (Phi) is 3.71. The van der Waals surface area contributed by atoms with E-state index in [0.717, 1.165) is 10.4 Å². The number of carbonyl (C=O) groups is 1. The van der Waals surface area contributed by atoms with Crippen molar-refractivity contribution in [1.29, 1.82) is 0 Å². The first-order valence-corrected chi connectivity index (χ1v) is 8.58. The Morgan fingerprint density at radius 3 is 2.56 bits per heavy atom. The topological polar surface area (TPSA) is 63.2 Å². The molecule has 0 radical (unpaired) electrons. The minimum absolute atomic E-state index is 0.0675. The Balaban J connectivity index is 2.09. The summed E-state index contributed by atoms with van der Waals surface area (Å²) in [6.07, 6.45) is 0. The van der Waals surface area contributed by atoms with Gasteiger partial charge in [0.1, 0.15) is 0 Å². The van der Waals surface area contributed by atoms with Crippen molar-refractivity contribution in [2.24, 2.45) is 0 Å². The van der Waals surface area contributed by atoms with E-state index in [4.69, 9.17) is 11.6 Å². The van der Waals surface area contributed by atoms with Crippen LogP contribution in [0.3, 0.4) is 0 Å². The maximum Gasteiger partial charge on any atom is 0.261 e. The van der Waals surface area contributed by atoms with Crippen molar-refractivity contribution in [2.45, 2.75) is 25.3 Å². The molecule has 1 saturated heterocycles. The van der Waals surface area contributed by atoms with Crippen molar-refractivity contribution in [3.8, 4) is 0 Å². The van der Waals surface area contributed by atoms with E-state index in [1.54, 1.807) is 0 Å². The van der Waals surface area contributed by atoms with Gasteiger partial charge in [-0.15, -0.1) is 22.9 Å². The van der Waals surface area contributed by atoms with Crippen LogP contribution in [0.2, 0.25) is 0 Å². The van der Waals surface area contributed by atoms with Crippen molar-refractivity contribution >= 4 is 38.7 Å². The molecule has 0 aliphatic carbocycles. The Morgan fingerprint density at radius 1 is 1.44 bits per heavy atom. The zero-order valence-corrected chi connectivity index (χ0v) is 12.5. The number of carbonyl (C=O) groups excluding carboxylic acids is 1. The van der Waals surface area contributed by atoms with E-state index in [2.05, 4.69) is 5.32 Å². The Bertz CT molecular complexity index is 560. The number of hydrogen-bond acceptors (Lipinski definition) is 4. The van der Waals surface area contributed by atoms with Gasteiger partial charge in [-0.25, -0.2) is 8.42 Å². The molecule has 1 aromatic heterocycles. The van der Waals surface area contributed by atoms with E-state index in [9.17, 15) is 13.2 Å². The second-order valence-corrected chi connectivity index (χ2v) is 8.49. The molecule has 2 heterocycles. The summed E-state index contributed by atoms with van der Waals surface area (Å²) in [5.41, 5.74) is 1.06. The average molecular weight is 308 g/mol. The summed E-state index contributed by atoms with van der Waals surface area (Å²) in [7, 11) is -3.12. The lowest BCUT2D eigenvalue weighted by Gasteiger charge is -2.13. The number of hydrogen-bond donors (Lipinski definition) is 1. The van der Waals surface area contributed by atoms with Crippen molar-refractivity contribution in [3.63, 3.8) is 0 Å². The molecular weight excluding hydrogens is 294 g/mol. The maximum absolute atomic E-state index is 12.0. The van der Waals surface area contributed by atoms with Crippen LogP contribution in [0.15, 0.2) is 6.07 Å². The number of alkyl halides is 1. The van der Waals surface area contributed by atoms with Gasteiger partial charge >= 0.3 is 0 Å². The quantitative estimate of drug-likeness (QED) is 0.842. The van der Waals surface area contributed by atoms with Crippen LogP contribution in [-0.4, -0.2) is 37.2 Å². The molecule has 2 rings (SSSR count). The fourth-order valence-electron chi connectivity index (χ4n) is 1.86. The van der Waals surface area contributed by atoms with E-state index >= 15 is 0 Å². The molecular formula is C11H14ClNO3S2. The highest BCUT2D eigenvalue weighted by atomic mass is 35.5.